The Hall–Kier alpha value is -2.11. The molecule has 0 radical (unpaired) electrons. The molecule has 0 saturated heterocycles. The van der Waals surface area contributed by atoms with E-state index in [1.165, 1.54) is 12.1 Å². The zero-order chi connectivity index (χ0) is 20.9. The molecule has 0 aromatic heterocycles. The van der Waals surface area contributed by atoms with Gasteiger partial charge in [0.05, 0.1) is 0 Å². The molecule has 6 heteroatoms. The number of hydrogen-bond donors (Lipinski definition) is 1. The lowest BCUT2D eigenvalue weighted by Gasteiger charge is -2.27. The monoisotopic (exact) mass is 381 g/mol. The number of hydrogen-bond acceptors (Lipinski definition) is 4. The lowest BCUT2D eigenvalue weighted by atomic mass is 9.92. The fourth-order valence-corrected chi connectivity index (χ4v) is 2.69. The lowest BCUT2D eigenvalue weighted by Crippen LogP contribution is -2.48. The molecule has 0 aliphatic heterocycles. The van der Waals surface area contributed by atoms with Gasteiger partial charge in [-0.2, -0.15) is 0 Å². The van der Waals surface area contributed by atoms with Gasteiger partial charge in [0, 0.05) is 5.92 Å². The summed E-state index contributed by atoms with van der Waals surface area (Å²) < 4.78 is 24.1. The minimum atomic E-state index is -0.816. The molecule has 1 N–H and O–H groups in total. The maximum atomic E-state index is 13.3. The Balaban J connectivity index is 2.81. The van der Waals surface area contributed by atoms with Crippen LogP contribution in [0.1, 0.15) is 65.5 Å². The molecule has 0 heterocycles. The molecule has 0 saturated carbocycles. The first-order valence-corrected chi connectivity index (χ1v) is 9.28. The van der Waals surface area contributed by atoms with Crippen molar-refractivity contribution in [2.24, 2.45) is 5.92 Å². The van der Waals surface area contributed by atoms with Crippen molar-refractivity contribution in [1.82, 2.24) is 5.32 Å². The van der Waals surface area contributed by atoms with Crippen LogP contribution in [0, 0.1) is 18.7 Å². The molecule has 152 valence electrons. The predicted molar refractivity (Wildman–Crippen MR) is 103 cm³/mol. The third-order valence-electron chi connectivity index (χ3n) is 4.32. The molecule has 0 aliphatic carbocycles. The Kier molecular flexibility index (Phi) is 7.81. The molecule has 1 amide bonds. The topological polar surface area (TPSA) is 64.6 Å². The smallest absolute Gasteiger partial charge is 0.408 e. The van der Waals surface area contributed by atoms with Crippen LogP contribution in [0.4, 0.5) is 9.18 Å². The van der Waals surface area contributed by atoms with E-state index in [1.54, 1.807) is 33.8 Å². The van der Waals surface area contributed by atoms with E-state index in [-0.39, 0.29) is 17.7 Å². The first-order chi connectivity index (χ1) is 12.3. The van der Waals surface area contributed by atoms with E-state index in [0.29, 0.717) is 0 Å². The highest BCUT2D eigenvalue weighted by Gasteiger charge is 2.30. The minimum Gasteiger partial charge on any atom is -0.460 e. The van der Waals surface area contributed by atoms with Crippen LogP contribution in [-0.2, 0) is 14.3 Å². The molecule has 0 unspecified atom stereocenters. The van der Waals surface area contributed by atoms with Crippen LogP contribution >= 0.6 is 0 Å². The average molecular weight is 381 g/mol. The predicted octanol–water partition coefficient (Wildman–Crippen LogP) is 4.72. The van der Waals surface area contributed by atoms with Gasteiger partial charge in [-0.15, -0.1) is 0 Å². The van der Waals surface area contributed by atoms with Gasteiger partial charge in [0.2, 0.25) is 0 Å². The summed E-state index contributed by atoms with van der Waals surface area (Å²) in [5.74, 6) is -1.10. The highest BCUT2D eigenvalue weighted by Crippen LogP contribution is 2.25. The summed E-state index contributed by atoms with van der Waals surface area (Å²) in [6.07, 6.45) is -1.10. The van der Waals surface area contributed by atoms with Crippen LogP contribution in [0.15, 0.2) is 18.2 Å². The van der Waals surface area contributed by atoms with E-state index in [0.717, 1.165) is 11.1 Å². The van der Waals surface area contributed by atoms with Gasteiger partial charge >= 0.3 is 12.1 Å². The first-order valence-electron chi connectivity index (χ1n) is 9.28. The number of carbonyl (C=O) groups is 2. The van der Waals surface area contributed by atoms with Crippen LogP contribution in [-0.4, -0.2) is 29.8 Å². The number of halogens is 1. The Bertz CT molecular complexity index is 667. The molecule has 27 heavy (non-hydrogen) atoms. The fraction of sp³-hybridized carbons (Fsp3) is 0.619. The average Bonchev–Trinajstić information content (AvgIpc) is 2.49. The van der Waals surface area contributed by atoms with Gasteiger partial charge in [-0.25, -0.2) is 14.0 Å². The largest absolute Gasteiger partial charge is 0.460 e. The van der Waals surface area contributed by atoms with Crippen molar-refractivity contribution in [3.8, 4) is 0 Å². The standard InChI is InChI=1S/C21H32FNO4/c1-12(2)18(23-20(25)27-21(6,7)8)19(24)26-15(5)14(4)17-10-9-16(22)11-13(17)3/h9-12,14-15,18H,1-8H3,(H,23,25)/t14-,15-,18+/m1/s1. The van der Waals surface area contributed by atoms with Crippen molar-refractivity contribution in [3.05, 3.63) is 35.1 Å². The molecule has 0 spiro atoms. The maximum absolute atomic E-state index is 13.3. The van der Waals surface area contributed by atoms with Crippen LogP contribution < -0.4 is 5.32 Å². The second-order valence-electron chi connectivity index (χ2n) is 8.30. The van der Waals surface area contributed by atoms with E-state index >= 15 is 0 Å². The van der Waals surface area contributed by atoms with Gasteiger partial charge in [0.15, 0.2) is 0 Å². The Morgan fingerprint density at radius 1 is 1.11 bits per heavy atom. The summed E-state index contributed by atoms with van der Waals surface area (Å²) in [5, 5.41) is 2.59. The van der Waals surface area contributed by atoms with Crippen molar-refractivity contribution in [2.45, 2.75) is 79.1 Å². The highest BCUT2D eigenvalue weighted by molar-refractivity contribution is 5.81. The number of nitrogens with one attached hydrogen (secondary N) is 1. The van der Waals surface area contributed by atoms with Gasteiger partial charge < -0.3 is 14.8 Å². The lowest BCUT2D eigenvalue weighted by molar-refractivity contribution is -0.153. The summed E-state index contributed by atoms with van der Waals surface area (Å²) in [6.45, 7) is 14.4. The summed E-state index contributed by atoms with van der Waals surface area (Å²) in [7, 11) is 0. The number of benzene rings is 1. The highest BCUT2D eigenvalue weighted by atomic mass is 19.1. The SMILES string of the molecule is Cc1cc(F)ccc1[C@H](C)[C@@H](C)OC(=O)[C@@H](NC(=O)OC(C)(C)C)C(C)C. The third kappa shape index (κ3) is 7.19. The molecule has 1 aromatic carbocycles. The molecule has 5 nitrogen and oxygen atoms in total. The van der Waals surface area contributed by atoms with Crippen LogP contribution in [0.2, 0.25) is 0 Å². The summed E-state index contributed by atoms with van der Waals surface area (Å²) >= 11 is 0. The Morgan fingerprint density at radius 2 is 1.70 bits per heavy atom. The van der Waals surface area contributed by atoms with E-state index in [2.05, 4.69) is 5.32 Å². The van der Waals surface area contributed by atoms with Gasteiger partial charge in [-0.3, -0.25) is 0 Å². The van der Waals surface area contributed by atoms with E-state index in [9.17, 15) is 14.0 Å². The zero-order valence-corrected chi connectivity index (χ0v) is 17.6. The maximum Gasteiger partial charge on any atom is 0.408 e. The molecular formula is C21H32FNO4. The molecule has 0 aliphatic rings. The number of carbonyl (C=O) groups excluding carboxylic acids is 2. The van der Waals surface area contributed by atoms with Crippen molar-refractivity contribution < 1.29 is 23.5 Å². The van der Waals surface area contributed by atoms with Crippen LogP contribution in [0.25, 0.3) is 0 Å². The van der Waals surface area contributed by atoms with Crippen LogP contribution in [0.5, 0.6) is 0 Å². The van der Waals surface area contributed by atoms with Crippen molar-refractivity contribution >= 4 is 12.1 Å². The molecule has 0 bridgehead atoms. The van der Waals surface area contributed by atoms with Gasteiger partial charge in [-0.1, -0.05) is 26.8 Å². The minimum absolute atomic E-state index is 0.121. The molecule has 1 aromatic rings. The van der Waals surface area contributed by atoms with Gasteiger partial charge in [0.1, 0.15) is 23.6 Å². The van der Waals surface area contributed by atoms with Crippen molar-refractivity contribution in [3.63, 3.8) is 0 Å². The summed E-state index contributed by atoms with van der Waals surface area (Å²) in [4.78, 5) is 24.6. The van der Waals surface area contributed by atoms with Gasteiger partial charge in [0.25, 0.3) is 0 Å². The number of amides is 1. The fourth-order valence-electron chi connectivity index (χ4n) is 2.69. The molecule has 3 atom stereocenters. The van der Waals surface area contributed by atoms with E-state index < -0.39 is 29.8 Å². The number of ether oxygens (including phenoxy) is 2. The summed E-state index contributed by atoms with van der Waals surface area (Å²) in [6, 6.07) is 3.75. The first kappa shape index (κ1) is 22.9. The second kappa shape index (κ2) is 9.20. The number of rotatable bonds is 6. The van der Waals surface area contributed by atoms with Crippen molar-refractivity contribution in [2.75, 3.05) is 0 Å². The number of alkyl carbamates (subject to hydrolysis) is 1. The number of aryl methyl sites for hydroxylation is 1. The van der Waals surface area contributed by atoms with Crippen molar-refractivity contribution in [1.29, 1.82) is 0 Å². The Morgan fingerprint density at radius 3 is 2.19 bits per heavy atom. The second-order valence-corrected chi connectivity index (χ2v) is 8.30. The molecular weight excluding hydrogens is 349 g/mol. The van der Waals surface area contributed by atoms with Crippen LogP contribution in [0.3, 0.4) is 0 Å². The zero-order valence-electron chi connectivity index (χ0n) is 17.6. The van der Waals surface area contributed by atoms with E-state index in [4.69, 9.17) is 9.47 Å². The quantitative estimate of drug-likeness (QED) is 0.724. The third-order valence-corrected chi connectivity index (χ3v) is 4.32. The van der Waals surface area contributed by atoms with E-state index in [1.807, 2.05) is 27.7 Å². The number of esters is 1. The Labute approximate surface area is 161 Å². The van der Waals surface area contributed by atoms with Gasteiger partial charge in [-0.05, 0) is 63.8 Å². The molecule has 0 fully saturated rings. The summed E-state index contributed by atoms with van der Waals surface area (Å²) in [5.41, 5.74) is 1.06. The molecule has 1 rings (SSSR count). The normalized spacial score (nSPS) is 15.0.